The zero-order chi connectivity index (χ0) is 20.2. The molecule has 0 radical (unpaired) electrons. The summed E-state index contributed by atoms with van der Waals surface area (Å²) in [4.78, 5) is 15.2. The Morgan fingerprint density at radius 1 is 1.07 bits per heavy atom. The van der Waals surface area contributed by atoms with E-state index in [9.17, 15) is 13.2 Å². The van der Waals surface area contributed by atoms with Crippen molar-refractivity contribution in [2.75, 3.05) is 12.4 Å². The molecule has 0 bridgehead atoms. The standard InChI is InChI=1S/C20H28N2O4S/c1-6-26-20(23)19-15(4)18(16(5)21-19)13-22(27(24,25)7-2)12-17-10-8-14(3)9-11-17/h8-11,21H,6-7,12-13H2,1-5H3. The molecule has 0 aliphatic carbocycles. The maximum Gasteiger partial charge on any atom is 0.355 e. The highest BCUT2D eigenvalue weighted by Crippen LogP contribution is 2.23. The van der Waals surface area contributed by atoms with Gasteiger partial charge >= 0.3 is 5.97 Å². The number of hydrogen-bond acceptors (Lipinski definition) is 4. The van der Waals surface area contributed by atoms with Crippen LogP contribution in [0.25, 0.3) is 0 Å². The molecule has 0 saturated heterocycles. The second kappa shape index (κ2) is 8.71. The fourth-order valence-corrected chi connectivity index (χ4v) is 3.98. The maximum absolute atomic E-state index is 12.7. The molecule has 2 aromatic rings. The van der Waals surface area contributed by atoms with Crippen molar-refractivity contribution < 1.29 is 17.9 Å². The highest BCUT2D eigenvalue weighted by molar-refractivity contribution is 7.89. The van der Waals surface area contributed by atoms with Gasteiger partial charge in [0.25, 0.3) is 0 Å². The van der Waals surface area contributed by atoms with Gasteiger partial charge in [-0.2, -0.15) is 4.31 Å². The molecule has 7 heteroatoms. The lowest BCUT2D eigenvalue weighted by atomic mass is 10.1. The second-order valence-electron chi connectivity index (χ2n) is 6.60. The number of nitrogens with one attached hydrogen (secondary N) is 1. The van der Waals surface area contributed by atoms with E-state index in [1.165, 1.54) is 4.31 Å². The molecule has 1 heterocycles. The molecule has 1 aromatic carbocycles. The monoisotopic (exact) mass is 392 g/mol. The summed E-state index contributed by atoms with van der Waals surface area (Å²) < 4.78 is 31.9. The molecule has 1 N–H and O–H groups in total. The van der Waals surface area contributed by atoms with Crippen molar-refractivity contribution in [1.82, 2.24) is 9.29 Å². The van der Waals surface area contributed by atoms with E-state index in [0.29, 0.717) is 5.69 Å². The largest absolute Gasteiger partial charge is 0.461 e. The Morgan fingerprint density at radius 2 is 1.70 bits per heavy atom. The number of ether oxygens (including phenoxy) is 1. The maximum atomic E-state index is 12.7. The van der Waals surface area contributed by atoms with Crippen LogP contribution in [0.2, 0.25) is 0 Å². The lowest BCUT2D eigenvalue weighted by Gasteiger charge is -2.22. The van der Waals surface area contributed by atoms with Gasteiger partial charge in [0.1, 0.15) is 5.69 Å². The van der Waals surface area contributed by atoms with Gasteiger partial charge in [0.05, 0.1) is 12.4 Å². The van der Waals surface area contributed by atoms with Gasteiger partial charge in [-0.1, -0.05) is 29.8 Å². The number of esters is 1. The van der Waals surface area contributed by atoms with Crippen molar-refractivity contribution in [1.29, 1.82) is 0 Å². The number of carbonyl (C=O) groups excluding carboxylic acids is 1. The number of aromatic nitrogens is 1. The number of carbonyl (C=O) groups is 1. The third-order valence-corrected chi connectivity index (χ3v) is 6.42. The Labute approximate surface area is 161 Å². The molecular formula is C20H28N2O4S. The van der Waals surface area contributed by atoms with E-state index in [0.717, 1.165) is 27.9 Å². The van der Waals surface area contributed by atoms with E-state index in [1.807, 2.05) is 45.0 Å². The molecule has 0 spiro atoms. The van der Waals surface area contributed by atoms with Crippen LogP contribution in [0.3, 0.4) is 0 Å². The SMILES string of the molecule is CCOC(=O)c1[nH]c(C)c(CN(Cc2ccc(C)cc2)S(=O)(=O)CC)c1C. The lowest BCUT2D eigenvalue weighted by molar-refractivity contribution is 0.0519. The molecule has 0 aliphatic rings. The van der Waals surface area contributed by atoms with Crippen LogP contribution in [-0.2, 0) is 27.8 Å². The number of aromatic amines is 1. The van der Waals surface area contributed by atoms with E-state index in [1.54, 1.807) is 13.8 Å². The third kappa shape index (κ3) is 4.99. The number of rotatable bonds is 8. The van der Waals surface area contributed by atoms with Gasteiger partial charge < -0.3 is 9.72 Å². The minimum absolute atomic E-state index is 0.0200. The summed E-state index contributed by atoms with van der Waals surface area (Å²) >= 11 is 0. The number of H-pyrrole nitrogens is 1. The van der Waals surface area contributed by atoms with Crippen LogP contribution in [0.15, 0.2) is 24.3 Å². The van der Waals surface area contributed by atoms with Crippen molar-refractivity contribution in [3.05, 3.63) is 57.9 Å². The normalized spacial score (nSPS) is 11.8. The van der Waals surface area contributed by atoms with Crippen molar-refractivity contribution in [3.63, 3.8) is 0 Å². The van der Waals surface area contributed by atoms with E-state index < -0.39 is 16.0 Å². The van der Waals surface area contributed by atoms with Crippen LogP contribution in [0.1, 0.15) is 52.3 Å². The summed E-state index contributed by atoms with van der Waals surface area (Å²) in [7, 11) is -3.42. The summed E-state index contributed by atoms with van der Waals surface area (Å²) in [5.74, 6) is -0.403. The molecule has 0 atom stereocenters. The Hall–Kier alpha value is -2.12. The minimum atomic E-state index is -3.42. The van der Waals surface area contributed by atoms with Gasteiger partial charge in [-0.05, 0) is 51.3 Å². The van der Waals surface area contributed by atoms with E-state index in [4.69, 9.17) is 4.74 Å². The molecule has 2 rings (SSSR count). The molecule has 148 valence electrons. The molecule has 0 amide bonds. The molecule has 1 aromatic heterocycles. The van der Waals surface area contributed by atoms with Gasteiger partial charge in [-0.15, -0.1) is 0 Å². The number of benzene rings is 1. The summed E-state index contributed by atoms with van der Waals surface area (Å²) in [5, 5.41) is 0. The van der Waals surface area contributed by atoms with Gasteiger partial charge in [0.2, 0.25) is 10.0 Å². The molecule has 0 fully saturated rings. The summed E-state index contributed by atoms with van der Waals surface area (Å²) in [6.45, 7) is 9.82. The highest BCUT2D eigenvalue weighted by atomic mass is 32.2. The Bertz CT molecular complexity index is 899. The summed E-state index contributed by atoms with van der Waals surface area (Å²) in [6, 6.07) is 7.82. The molecule has 0 aliphatic heterocycles. The Kier molecular flexibility index (Phi) is 6.84. The summed E-state index contributed by atoms with van der Waals surface area (Å²) in [5.41, 5.74) is 4.74. The summed E-state index contributed by atoms with van der Waals surface area (Å²) in [6.07, 6.45) is 0. The first kappa shape index (κ1) is 21.2. The quantitative estimate of drug-likeness (QED) is 0.698. The average Bonchev–Trinajstić information content (AvgIpc) is 2.91. The second-order valence-corrected chi connectivity index (χ2v) is 8.86. The zero-order valence-electron chi connectivity index (χ0n) is 16.6. The first-order valence-corrected chi connectivity index (χ1v) is 10.7. The van der Waals surface area contributed by atoms with E-state index in [-0.39, 0.29) is 25.4 Å². The third-order valence-electron chi connectivity index (χ3n) is 4.64. The van der Waals surface area contributed by atoms with E-state index in [2.05, 4.69) is 4.98 Å². The van der Waals surface area contributed by atoms with Gasteiger partial charge in [-0.25, -0.2) is 13.2 Å². The van der Waals surface area contributed by atoms with Gasteiger partial charge in [-0.3, -0.25) is 0 Å². The predicted octanol–water partition coefficient (Wildman–Crippen LogP) is 3.47. The number of aryl methyl sites for hydroxylation is 2. The van der Waals surface area contributed by atoms with E-state index >= 15 is 0 Å². The molecular weight excluding hydrogens is 364 g/mol. The first-order valence-electron chi connectivity index (χ1n) is 9.08. The van der Waals surface area contributed by atoms with Crippen LogP contribution in [0.4, 0.5) is 0 Å². The van der Waals surface area contributed by atoms with Crippen LogP contribution in [0, 0.1) is 20.8 Å². The fraction of sp³-hybridized carbons (Fsp3) is 0.450. The fourth-order valence-electron chi connectivity index (χ4n) is 2.94. The van der Waals surface area contributed by atoms with Crippen LogP contribution >= 0.6 is 0 Å². The van der Waals surface area contributed by atoms with Crippen molar-refractivity contribution in [2.45, 2.75) is 47.7 Å². The molecule has 27 heavy (non-hydrogen) atoms. The molecule has 0 saturated carbocycles. The first-order chi connectivity index (χ1) is 12.7. The van der Waals surface area contributed by atoms with Crippen LogP contribution in [0.5, 0.6) is 0 Å². The zero-order valence-corrected chi connectivity index (χ0v) is 17.4. The minimum Gasteiger partial charge on any atom is -0.461 e. The molecule has 6 nitrogen and oxygen atoms in total. The van der Waals surface area contributed by atoms with Crippen molar-refractivity contribution in [2.24, 2.45) is 0 Å². The van der Waals surface area contributed by atoms with Crippen LogP contribution in [-0.4, -0.2) is 36.0 Å². The predicted molar refractivity (Wildman–Crippen MR) is 106 cm³/mol. The van der Waals surface area contributed by atoms with Gasteiger partial charge in [0.15, 0.2) is 0 Å². The van der Waals surface area contributed by atoms with Crippen molar-refractivity contribution >= 4 is 16.0 Å². The average molecular weight is 393 g/mol. The van der Waals surface area contributed by atoms with Crippen LogP contribution < -0.4 is 0 Å². The molecule has 0 unspecified atom stereocenters. The van der Waals surface area contributed by atoms with Crippen molar-refractivity contribution in [3.8, 4) is 0 Å². The highest BCUT2D eigenvalue weighted by Gasteiger charge is 2.25. The smallest absolute Gasteiger partial charge is 0.355 e. The topological polar surface area (TPSA) is 79.5 Å². The van der Waals surface area contributed by atoms with Gasteiger partial charge in [0, 0.05) is 18.8 Å². The number of hydrogen-bond donors (Lipinski definition) is 1. The number of sulfonamides is 1. The Morgan fingerprint density at radius 3 is 2.26 bits per heavy atom. The number of nitrogens with zero attached hydrogens (tertiary/aromatic N) is 1. The Balaban J connectivity index is 2.36. The lowest BCUT2D eigenvalue weighted by Crippen LogP contribution is -2.31.